The van der Waals surface area contributed by atoms with Gasteiger partial charge in [-0.1, -0.05) is 23.7 Å². The first kappa shape index (κ1) is 18.8. The smallest absolute Gasteiger partial charge is 0.145 e. The van der Waals surface area contributed by atoms with Crippen LogP contribution in [0, 0.1) is 11.3 Å². The minimum atomic E-state index is 0.429. The molecule has 0 spiro atoms. The maximum Gasteiger partial charge on any atom is 0.145 e. The predicted molar refractivity (Wildman–Crippen MR) is 109 cm³/mol. The second-order valence-electron chi connectivity index (χ2n) is 5.43. The molecule has 0 atom stereocenters. The minimum absolute atomic E-state index is 0.429. The van der Waals surface area contributed by atoms with Crippen molar-refractivity contribution in [1.82, 2.24) is 4.98 Å². The molecular formula is C20H16ClN3O2S. The van der Waals surface area contributed by atoms with Crippen molar-refractivity contribution in [2.24, 2.45) is 0 Å². The van der Waals surface area contributed by atoms with E-state index in [0.717, 1.165) is 16.9 Å². The Morgan fingerprint density at radius 3 is 2.63 bits per heavy atom. The number of benzene rings is 2. The number of ether oxygens (including phenoxy) is 2. The van der Waals surface area contributed by atoms with Crippen LogP contribution in [0.1, 0.15) is 5.01 Å². The van der Waals surface area contributed by atoms with E-state index < -0.39 is 0 Å². The molecule has 0 unspecified atom stereocenters. The van der Waals surface area contributed by atoms with Gasteiger partial charge in [0.2, 0.25) is 0 Å². The van der Waals surface area contributed by atoms with E-state index in [0.29, 0.717) is 27.1 Å². The molecule has 0 bridgehead atoms. The van der Waals surface area contributed by atoms with Crippen LogP contribution >= 0.6 is 22.9 Å². The van der Waals surface area contributed by atoms with Crippen LogP contribution < -0.4 is 14.8 Å². The Kier molecular flexibility index (Phi) is 5.97. The molecule has 7 heteroatoms. The van der Waals surface area contributed by atoms with Crippen molar-refractivity contribution in [3.05, 3.63) is 64.1 Å². The Morgan fingerprint density at radius 2 is 1.96 bits per heavy atom. The summed E-state index contributed by atoms with van der Waals surface area (Å²) in [5.41, 5.74) is 2.90. The Labute approximate surface area is 166 Å². The molecule has 27 heavy (non-hydrogen) atoms. The molecule has 5 nitrogen and oxygen atoms in total. The lowest BCUT2D eigenvalue weighted by Gasteiger charge is -2.10. The van der Waals surface area contributed by atoms with Gasteiger partial charge in [-0.05, 0) is 24.3 Å². The van der Waals surface area contributed by atoms with Gasteiger partial charge >= 0.3 is 0 Å². The fourth-order valence-corrected chi connectivity index (χ4v) is 3.28. The quantitative estimate of drug-likeness (QED) is 0.559. The largest absolute Gasteiger partial charge is 0.497 e. The van der Waals surface area contributed by atoms with E-state index >= 15 is 0 Å². The lowest BCUT2D eigenvalue weighted by molar-refractivity contribution is 0.395. The molecule has 0 aliphatic carbocycles. The van der Waals surface area contributed by atoms with Gasteiger partial charge in [-0.15, -0.1) is 11.3 Å². The van der Waals surface area contributed by atoms with Gasteiger partial charge < -0.3 is 14.8 Å². The zero-order valence-electron chi connectivity index (χ0n) is 14.7. The number of nitrogens with one attached hydrogen (secondary N) is 1. The van der Waals surface area contributed by atoms with Gasteiger partial charge in [0.25, 0.3) is 0 Å². The Hall–Kier alpha value is -3.01. The van der Waals surface area contributed by atoms with Crippen molar-refractivity contribution in [1.29, 1.82) is 5.26 Å². The SMILES string of the molecule is COc1ccc(N/C=C(\C#N)c2nc(-c3ccc(Cl)cc3)cs2)c(OC)c1. The molecular weight excluding hydrogens is 382 g/mol. The lowest BCUT2D eigenvalue weighted by atomic mass is 10.2. The lowest BCUT2D eigenvalue weighted by Crippen LogP contribution is -1.95. The first-order valence-corrected chi connectivity index (χ1v) is 9.21. The fourth-order valence-electron chi connectivity index (χ4n) is 2.36. The summed E-state index contributed by atoms with van der Waals surface area (Å²) in [7, 11) is 3.17. The maximum absolute atomic E-state index is 9.52. The first-order chi connectivity index (χ1) is 13.1. The zero-order valence-corrected chi connectivity index (χ0v) is 16.3. The summed E-state index contributed by atoms with van der Waals surface area (Å²) in [5, 5.41) is 15.8. The van der Waals surface area contributed by atoms with Gasteiger partial charge in [0.15, 0.2) is 0 Å². The molecule has 3 rings (SSSR count). The predicted octanol–water partition coefficient (Wildman–Crippen LogP) is 5.46. The third-order valence-electron chi connectivity index (χ3n) is 3.78. The van der Waals surface area contributed by atoms with Crippen molar-refractivity contribution in [3.8, 4) is 28.8 Å². The van der Waals surface area contributed by atoms with Crippen LogP contribution in [-0.2, 0) is 0 Å². The molecule has 0 aliphatic heterocycles. The van der Waals surface area contributed by atoms with Gasteiger partial charge in [-0.2, -0.15) is 5.26 Å². The number of hydrogen-bond acceptors (Lipinski definition) is 6. The third-order valence-corrected chi connectivity index (χ3v) is 4.90. The van der Waals surface area contributed by atoms with E-state index in [2.05, 4.69) is 16.4 Å². The molecule has 0 amide bonds. The van der Waals surface area contributed by atoms with E-state index in [-0.39, 0.29) is 0 Å². The fraction of sp³-hybridized carbons (Fsp3) is 0.100. The van der Waals surface area contributed by atoms with Gasteiger partial charge in [0.05, 0.1) is 25.6 Å². The van der Waals surface area contributed by atoms with Crippen LogP contribution in [0.4, 0.5) is 5.69 Å². The highest BCUT2D eigenvalue weighted by Crippen LogP contribution is 2.30. The summed E-state index contributed by atoms with van der Waals surface area (Å²) in [6, 6.07) is 15.0. The number of anilines is 1. The number of halogens is 1. The molecule has 0 saturated heterocycles. The van der Waals surface area contributed by atoms with Crippen LogP contribution in [0.5, 0.6) is 11.5 Å². The van der Waals surface area contributed by atoms with Crippen molar-refractivity contribution in [2.45, 2.75) is 0 Å². The number of thiazole rings is 1. The topological polar surface area (TPSA) is 67.2 Å². The van der Waals surface area contributed by atoms with E-state index in [1.165, 1.54) is 11.3 Å². The van der Waals surface area contributed by atoms with Crippen LogP contribution in [0.3, 0.4) is 0 Å². The number of rotatable bonds is 6. The average molecular weight is 398 g/mol. The molecule has 136 valence electrons. The standard InChI is InChI=1S/C20H16ClN3O2S/c1-25-16-7-8-17(19(9-16)26-2)23-11-14(10-22)20-24-18(12-27-20)13-3-5-15(21)6-4-13/h3-9,11-12,23H,1-2H3/b14-11+. The normalized spacial score (nSPS) is 11.0. The zero-order chi connectivity index (χ0) is 19.2. The Balaban J connectivity index is 1.83. The summed E-state index contributed by atoms with van der Waals surface area (Å²) >= 11 is 7.33. The van der Waals surface area contributed by atoms with E-state index in [4.69, 9.17) is 21.1 Å². The number of nitrogens with zero attached hydrogens (tertiary/aromatic N) is 2. The van der Waals surface area contributed by atoms with Gasteiger partial charge in [-0.25, -0.2) is 4.98 Å². The molecule has 1 N–H and O–H groups in total. The van der Waals surface area contributed by atoms with Crippen LogP contribution in [0.25, 0.3) is 16.8 Å². The molecule has 0 radical (unpaired) electrons. The molecule has 0 saturated carbocycles. The Morgan fingerprint density at radius 1 is 1.19 bits per heavy atom. The van der Waals surface area contributed by atoms with Crippen molar-refractivity contribution in [3.63, 3.8) is 0 Å². The molecule has 2 aromatic carbocycles. The van der Waals surface area contributed by atoms with E-state index in [9.17, 15) is 5.26 Å². The van der Waals surface area contributed by atoms with Gasteiger partial charge in [0.1, 0.15) is 28.1 Å². The van der Waals surface area contributed by atoms with Gasteiger partial charge in [0, 0.05) is 28.2 Å². The average Bonchev–Trinajstić information content (AvgIpc) is 3.19. The number of nitriles is 1. The van der Waals surface area contributed by atoms with Crippen molar-refractivity contribution in [2.75, 3.05) is 19.5 Å². The second-order valence-corrected chi connectivity index (χ2v) is 6.72. The number of allylic oxidation sites excluding steroid dienone is 1. The van der Waals surface area contributed by atoms with Crippen LogP contribution in [0.2, 0.25) is 5.02 Å². The van der Waals surface area contributed by atoms with Gasteiger partial charge in [-0.3, -0.25) is 0 Å². The maximum atomic E-state index is 9.52. The number of methoxy groups -OCH3 is 2. The van der Waals surface area contributed by atoms with Crippen LogP contribution in [-0.4, -0.2) is 19.2 Å². The molecule has 3 aromatic rings. The van der Waals surface area contributed by atoms with E-state index in [1.54, 1.807) is 26.5 Å². The Bertz CT molecular complexity index is 1010. The second kappa shape index (κ2) is 8.58. The molecule has 1 heterocycles. The highest BCUT2D eigenvalue weighted by atomic mass is 35.5. The van der Waals surface area contributed by atoms with Crippen molar-refractivity contribution >= 4 is 34.2 Å². The van der Waals surface area contributed by atoms with E-state index in [1.807, 2.05) is 41.8 Å². The van der Waals surface area contributed by atoms with Crippen molar-refractivity contribution < 1.29 is 9.47 Å². The molecule has 1 aromatic heterocycles. The third kappa shape index (κ3) is 4.40. The summed E-state index contributed by atoms with van der Waals surface area (Å²) in [5.74, 6) is 1.30. The monoisotopic (exact) mass is 397 g/mol. The highest BCUT2D eigenvalue weighted by molar-refractivity contribution is 7.11. The highest BCUT2D eigenvalue weighted by Gasteiger charge is 2.10. The summed E-state index contributed by atoms with van der Waals surface area (Å²) < 4.78 is 10.5. The summed E-state index contributed by atoms with van der Waals surface area (Å²) in [6.45, 7) is 0. The molecule has 0 fully saturated rings. The number of hydrogen-bond donors (Lipinski definition) is 1. The summed E-state index contributed by atoms with van der Waals surface area (Å²) in [6.07, 6.45) is 1.62. The number of aromatic nitrogens is 1. The first-order valence-electron chi connectivity index (χ1n) is 7.95. The van der Waals surface area contributed by atoms with Crippen LogP contribution in [0.15, 0.2) is 54.0 Å². The molecule has 0 aliphatic rings. The summed E-state index contributed by atoms with van der Waals surface area (Å²) in [4.78, 5) is 4.56. The minimum Gasteiger partial charge on any atom is -0.497 e.